The standard InChI is InChI=1S/C19H24N4O2.2ClH/c20-17(12-15-4-2-1-3-5-15)19(24)22-14-16-6-7-18(21-13-16)23-8-10-25-11-9-23;;/h1-7,13,17H,8-12,14,20H2,(H,22,24);2*1H/t17-;;/m0../s1. The number of carbonyl (C=O) groups excluding carboxylic acids is 1. The van der Waals surface area contributed by atoms with Crippen molar-refractivity contribution in [2.75, 3.05) is 31.2 Å². The number of morpholine rings is 1. The molecule has 0 unspecified atom stereocenters. The molecule has 0 radical (unpaired) electrons. The molecule has 0 saturated carbocycles. The topological polar surface area (TPSA) is 80.5 Å². The zero-order chi connectivity index (χ0) is 17.5. The van der Waals surface area contributed by atoms with Crippen LogP contribution in [0.2, 0.25) is 0 Å². The molecule has 1 aliphatic rings. The van der Waals surface area contributed by atoms with Crippen LogP contribution in [-0.2, 0) is 22.5 Å². The Morgan fingerprint density at radius 2 is 1.81 bits per heavy atom. The van der Waals surface area contributed by atoms with Gasteiger partial charge in [0, 0.05) is 25.8 Å². The molecule has 3 rings (SSSR count). The second-order valence-corrected chi connectivity index (χ2v) is 6.14. The summed E-state index contributed by atoms with van der Waals surface area (Å²) >= 11 is 0. The van der Waals surface area contributed by atoms with Crippen LogP contribution in [-0.4, -0.2) is 43.2 Å². The Kier molecular flexibility index (Phi) is 10.1. The van der Waals surface area contributed by atoms with E-state index in [1.807, 2.05) is 42.5 Å². The Balaban J connectivity index is 0.00000182. The fourth-order valence-electron chi connectivity index (χ4n) is 2.78. The maximum atomic E-state index is 12.2. The lowest BCUT2D eigenvalue weighted by molar-refractivity contribution is -0.122. The van der Waals surface area contributed by atoms with Gasteiger partial charge in [0.25, 0.3) is 0 Å². The van der Waals surface area contributed by atoms with Crippen molar-refractivity contribution in [1.29, 1.82) is 0 Å². The van der Waals surface area contributed by atoms with Gasteiger partial charge in [0.05, 0.1) is 19.3 Å². The molecule has 27 heavy (non-hydrogen) atoms. The molecule has 6 nitrogen and oxygen atoms in total. The molecule has 3 N–H and O–H groups in total. The molecule has 1 aromatic carbocycles. The van der Waals surface area contributed by atoms with Gasteiger partial charge < -0.3 is 20.7 Å². The van der Waals surface area contributed by atoms with Gasteiger partial charge >= 0.3 is 0 Å². The van der Waals surface area contributed by atoms with Crippen molar-refractivity contribution in [3.8, 4) is 0 Å². The number of aromatic nitrogens is 1. The predicted octanol–water partition coefficient (Wildman–Crippen LogP) is 1.95. The van der Waals surface area contributed by atoms with Crippen molar-refractivity contribution in [1.82, 2.24) is 10.3 Å². The van der Waals surface area contributed by atoms with Gasteiger partial charge in [-0.05, 0) is 23.6 Å². The molecule has 2 aromatic rings. The number of pyridine rings is 1. The van der Waals surface area contributed by atoms with E-state index >= 15 is 0 Å². The highest BCUT2D eigenvalue weighted by Crippen LogP contribution is 2.13. The average Bonchev–Trinajstić information content (AvgIpc) is 2.68. The quantitative estimate of drug-likeness (QED) is 0.757. The highest BCUT2D eigenvalue weighted by atomic mass is 35.5. The third kappa shape index (κ3) is 6.99. The van der Waals surface area contributed by atoms with Crippen molar-refractivity contribution >= 4 is 36.5 Å². The minimum atomic E-state index is -0.553. The van der Waals surface area contributed by atoms with Crippen molar-refractivity contribution < 1.29 is 9.53 Å². The molecule has 0 aliphatic carbocycles. The fraction of sp³-hybridized carbons (Fsp3) is 0.368. The molecule has 148 valence electrons. The Labute approximate surface area is 172 Å². The molecule has 1 amide bonds. The van der Waals surface area contributed by atoms with Crippen LogP contribution in [0.4, 0.5) is 5.82 Å². The van der Waals surface area contributed by atoms with Crippen LogP contribution >= 0.6 is 24.8 Å². The maximum Gasteiger partial charge on any atom is 0.237 e. The highest BCUT2D eigenvalue weighted by molar-refractivity contribution is 5.85. The summed E-state index contributed by atoms with van der Waals surface area (Å²) in [6.45, 7) is 3.62. The molecule has 1 aromatic heterocycles. The van der Waals surface area contributed by atoms with Crippen LogP contribution < -0.4 is 16.0 Å². The number of ether oxygens (including phenoxy) is 1. The number of hydrogen-bond donors (Lipinski definition) is 2. The molecule has 1 saturated heterocycles. The fourth-order valence-corrected chi connectivity index (χ4v) is 2.78. The van der Waals surface area contributed by atoms with E-state index in [2.05, 4.69) is 15.2 Å². The largest absolute Gasteiger partial charge is 0.378 e. The minimum Gasteiger partial charge on any atom is -0.378 e. The lowest BCUT2D eigenvalue weighted by Gasteiger charge is -2.27. The first-order valence-electron chi connectivity index (χ1n) is 8.57. The summed E-state index contributed by atoms with van der Waals surface area (Å²) in [5.74, 6) is 0.792. The van der Waals surface area contributed by atoms with Crippen molar-refractivity contribution in [3.63, 3.8) is 0 Å². The van der Waals surface area contributed by atoms with Gasteiger partial charge in [-0.25, -0.2) is 4.98 Å². The zero-order valence-corrected chi connectivity index (χ0v) is 16.7. The first-order chi connectivity index (χ1) is 12.2. The smallest absolute Gasteiger partial charge is 0.237 e. The van der Waals surface area contributed by atoms with Gasteiger partial charge in [0.1, 0.15) is 5.82 Å². The number of nitrogens with zero attached hydrogens (tertiary/aromatic N) is 2. The third-order valence-corrected chi connectivity index (χ3v) is 4.25. The molecular formula is C19H26Cl2N4O2. The lowest BCUT2D eigenvalue weighted by Crippen LogP contribution is -2.41. The van der Waals surface area contributed by atoms with E-state index in [9.17, 15) is 4.79 Å². The van der Waals surface area contributed by atoms with Gasteiger partial charge in [0.2, 0.25) is 5.91 Å². The van der Waals surface area contributed by atoms with E-state index < -0.39 is 6.04 Å². The van der Waals surface area contributed by atoms with E-state index in [-0.39, 0.29) is 30.7 Å². The molecule has 2 heterocycles. The summed E-state index contributed by atoms with van der Waals surface area (Å²) in [6, 6.07) is 13.2. The number of anilines is 1. The molecule has 1 atom stereocenters. The van der Waals surface area contributed by atoms with Gasteiger partial charge in [0.15, 0.2) is 0 Å². The molecule has 0 bridgehead atoms. The first kappa shape index (κ1) is 23.2. The lowest BCUT2D eigenvalue weighted by atomic mass is 10.1. The number of nitrogens with two attached hydrogens (primary N) is 1. The van der Waals surface area contributed by atoms with E-state index in [4.69, 9.17) is 10.5 Å². The van der Waals surface area contributed by atoms with E-state index in [0.717, 1.165) is 43.2 Å². The monoisotopic (exact) mass is 412 g/mol. The van der Waals surface area contributed by atoms with Crippen LogP contribution in [0.5, 0.6) is 0 Å². The van der Waals surface area contributed by atoms with E-state index in [1.54, 1.807) is 6.20 Å². The number of carbonyl (C=O) groups is 1. The zero-order valence-electron chi connectivity index (χ0n) is 15.0. The summed E-state index contributed by atoms with van der Waals surface area (Å²) in [7, 11) is 0. The Morgan fingerprint density at radius 1 is 1.11 bits per heavy atom. The average molecular weight is 413 g/mol. The van der Waals surface area contributed by atoms with Crippen molar-refractivity contribution in [2.45, 2.75) is 19.0 Å². The molecule has 8 heteroatoms. The second-order valence-electron chi connectivity index (χ2n) is 6.14. The van der Waals surface area contributed by atoms with Crippen LogP contribution in [0.3, 0.4) is 0 Å². The summed E-state index contributed by atoms with van der Waals surface area (Å²) in [5.41, 5.74) is 8.00. The molecule has 1 fully saturated rings. The summed E-state index contributed by atoms with van der Waals surface area (Å²) in [4.78, 5) is 18.8. The van der Waals surface area contributed by atoms with Gasteiger partial charge in [-0.1, -0.05) is 36.4 Å². The molecule has 1 aliphatic heterocycles. The van der Waals surface area contributed by atoms with E-state index in [0.29, 0.717) is 13.0 Å². The molecular weight excluding hydrogens is 387 g/mol. The normalized spacial score (nSPS) is 14.5. The van der Waals surface area contributed by atoms with Crippen LogP contribution in [0.25, 0.3) is 0 Å². The maximum absolute atomic E-state index is 12.2. The number of hydrogen-bond acceptors (Lipinski definition) is 5. The summed E-state index contributed by atoms with van der Waals surface area (Å²) in [5, 5.41) is 2.88. The van der Waals surface area contributed by atoms with Crippen LogP contribution in [0.15, 0.2) is 48.7 Å². The Hall–Kier alpha value is -1.86. The summed E-state index contributed by atoms with van der Waals surface area (Å²) < 4.78 is 5.35. The number of halogens is 2. The van der Waals surface area contributed by atoms with E-state index in [1.165, 1.54) is 0 Å². The van der Waals surface area contributed by atoms with Gasteiger partial charge in [-0.2, -0.15) is 0 Å². The van der Waals surface area contributed by atoms with Crippen LogP contribution in [0.1, 0.15) is 11.1 Å². The van der Waals surface area contributed by atoms with Crippen LogP contribution in [0, 0.1) is 0 Å². The number of nitrogens with one attached hydrogen (secondary N) is 1. The number of rotatable bonds is 6. The third-order valence-electron chi connectivity index (χ3n) is 4.25. The summed E-state index contributed by atoms with van der Waals surface area (Å²) in [6.07, 6.45) is 2.33. The number of benzene rings is 1. The Bertz CT molecular complexity index is 680. The molecule has 0 spiro atoms. The van der Waals surface area contributed by atoms with Crippen molar-refractivity contribution in [3.05, 3.63) is 59.8 Å². The second kappa shape index (κ2) is 11.8. The Morgan fingerprint density at radius 3 is 2.44 bits per heavy atom. The minimum absolute atomic E-state index is 0. The SMILES string of the molecule is Cl.Cl.N[C@@H](Cc1ccccc1)C(=O)NCc1ccc(N2CCOCC2)nc1. The highest BCUT2D eigenvalue weighted by Gasteiger charge is 2.14. The first-order valence-corrected chi connectivity index (χ1v) is 8.57. The van der Waals surface area contributed by atoms with Crippen molar-refractivity contribution in [2.24, 2.45) is 5.73 Å². The predicted molar refractivity (Wildman–Crippen MR) is 112 cm³/mol. The van der Waals surface area contributed by atoms with Gasteiger partial charge in [-0.3, -0.25) is 4.79 Å². The van der Waals surface area contributed by atoms with Gasteiger partial charge in [-0.15, -0.1) is 24.8 Å². The number of amides is 1.